The van der Waals surface area contributed by atoms with Crippen molar-refractivity contribution in [2.75, 3.05) is 0 Å². The number of nitrogens with one attached hydrogen (secondary N) is 1. The normalized spacial score (nSPS) is 10.8. The molecule has 0 spiro atoms. The molecule has 0 aliphatic heterocycles. The lowest BCUT2D eigenvalue weighted by Gasteiger charge is -2.06. The van der Waals surface area contributed by atoms with Crippen LogP contribution in [-0.4, -0.2) is 21.0 Å². The molecular formula is C14H16N2O2. The summed E-state index contributed by atoms with van der Waals surface area (Å²) in [6.45, 7) is 4.28. The number of rotatable bonds is 4. The Morgan fingerprint density at radius 3 is 2.56 bits per heavy atom. The summed E-state index contributed by atoms with van der Waals surface area (Å²) in [5.74, 6) is -0.379. The molecular weight excluding hydrogens is 228 g/mol. The Hall–Kier alpha value is -2.10. The van der Waals surface area contributed by atoms with Gasteiger partial charge in [-0.2, -0.15) is 0 Å². The predicted molar refractivity (Wildman–Crippen MR) is 69.5 cm³/mol. The fourth-order valence-corrected chi connectivity index (χ4v) is 1.88. The zero-order valence-corrected chi connectivity index (χ0v) is 10.5. The number of carboxylic acids is 1. The van der Waals surface area contributed by atoms with Gasteiger partial charge in [-0.3, -0.25) is 4.79 Å². The number of imidazole rings is 1. The van der Waals surface area contributed by atoms with Crippen LogP contribution in [0.3, 0.4) is 0 Å². The largest absolute Gasteiger partial charge is 0.481 e. The average Bonchev–Trinajstić information content (AvgIpc) is 2.76. The lowest BCUT2D eigenvalue weighted by Crippen LogP contribution is -2.01. The monoisotopic (exact) mass is 244 g/mol. The molecule has 1 heterocycles. The van der Waals surface area contributed by atoms with Gasteiger partial charge in [-0.25, -0.2) is 4.98 Å². The zero-order chi connectivity index (χ0) is 13.1. The quantitative estimate of drug-likeness (QED) is 0.869. The van der Waals surface area contributed by atoms with Crippen molar-refractivity contribution in [1.29, 1.82) is 0 Å². The van der Waals surface area contributed by atoms with E-state index in [4.69, 9.17) is 5.11 Å². The van der Waals surface area contributed by atoms with Gasteiger partial charge in [0.2, 0.25) is 0 Å². The minimum Gasteiger partial charge on any atom is -0.481 e. The van der Waals surface area contributed by atoms with E-state index in [0.717, 1.165) is 5.56 Å². The lowest BCUT2D eigenvalue weighted by atomic mass is 10.00. The molecule has 0 saturated carbocycles. The van der Waals surface area contributed by atoms with E-state index in [-0.39, 0.29) is 6.42 Å². The molecule has 2 rings (SSSR count). The number of H-pyrrole nitrogens is 1. The van der Waals surface area contributed by atoms with Gasteiger partial charge in [0.1, 0.15) is 0 Å². The molecule has 0 bridgehead atoms. The van der Waals surface area contributed by atoms with Crippen molar-refractivity contribution in [2.24, 2.45) is 0 Å². The third-order valence-corrected chi connectivity index (χ3v) is 2.90. The van der Waals surface area contributed by atoms with Crippen LogP contribution in [0.1, 0.15) is 31.0 Å². The van der Waals surface area contributed by atoms with Gasteiger partial charge in [0.05, 0.1) is 24.1 Å². The Morgan fingerprint density at radius 2 is 2.00 bits per heavy atom. The maximum absolute atomic E-state index is 10.7. The summed E-state index contributed by atoms with van der Waals surface area (Å²) in [6.07, 6.45) is 1.49. The van der Waals surface area contributed by atoms with Crippen LogP contribution < -0.4 is 0 Å². The maximum atomic E-state index is 10.7. The third-order valence-electron chi connectivity index (χ3n) is 2.90. The standard InChI is InChI=1S/C14H16N2O2/c1-9(2)10-3-5-11(6-4-10)14-12(7-13(17)18)15-8-16-14/h3-6,8-9H,7H2,1-2H3,(H,15,16)(H,17,18). The van der Waals surface area contributed by atoms with Crippen LogP contribution in [0.15, 0.2) is 30.6 Å². The van der Waals surface area contributed by atoms with Crippen LogP contribution in [0.5, 0.6) is 0 Å². The molecule has 0 aliphatic carbocycles. The molecule has 18 heavy (non-hydrogen) atoms. The second-order valence-electron chi connectivity index (χ2n) is 4.58. The van der Waals surface area contributed by atoms with Crippen molar-refractivity contribution in [1.82, 2.24) is 9.97 Å². The first-order chi connectivity index (χ1) is 8.58. The van der Waals surface area contributed by atoms with Gasteiger partial charge < -0.3 is 10.1 Å². The first-order valence-corrected chi connectivity index (χ1v) is 5.92. The van der Waals surface area contributed by atoms with Gasteiger partial charge in [-0.1, -0.05) is 38.1 Å². The van der Waals surface area contributed by atoms with Crippen molar-refractivity contribution in [3.63, 3.8) is 0 Å². The first kappa shape index (κ1) is 12.4. The van der Waals surface area contributed by atoms with Gasteiger partial charge in [-0.15, -0.1) is 0 Å². The van der Waals surface area contributed by atoms with Crippen molar-refractivity contribution in [2.45, 2.75) is 26.2 Å². The molecule has 0 fully saturated rings. The molecule has 0 atom stereocenters. The minimum absolute atomic E-state index is 0.0404. The molecule has 0 radical (unpaired) electrons. The fourth-order valence-electron chi connectivity index (χ4n) is 1.88. The number of carboxylic acid groups (broad SMARTS) is 1. The van der Waals surface area contributed by atoms with Gasteiger partial charge in [0, 0.05) is 5.56 Å². The molecule has 0 amide bonds. The zero-order valence-electron chi connectivity index (χ0n) is 10.5. The summed E-state index contributed by atoms with van der Waals surface area (Å²) in [5.41, 5.74) is 3.55. The number of aromatic amines is 1. The summed E-state index contributed by atoms with van der Waals surface area (Å²) in [5, 5.41) is 8.83. The fraction of sp³-hybridized carbons (Fsp3) is 0.286. The Balaban J connectivity index is 2.31. The van der Waals surface area contributed by atoms with E-state index >= 15 is 0 Å². The van der Waals surface area contributed by atoms with E-state index in [2.05, 4.69) is 35.9 Å². The highest BCUT2D eigenvalue weighted by Gasteiger charge is 2.11. The van der Waals surface area contributed by atoms with Crippen LogP contribution >= 0.6 is 0 Å². The number of benzene rings is 1. The molecule has 1 aromatic carbocycles. The molecule has 2 aromatic rings. The molecule has 1 aromatic heterocycles. The van der Waals surface area contributed by atoms with Gasteiger partial charge in [-0.05, 0) is 11.5 Å². The Labute approximate surface area is 106 Å². The van der Waals surface area contributed by atoms with E-state index in [9.17, 15) is 4.79 Å². The topological polar surface area (TPSA) is 66.0 Å². The van der Waals surface area contributed by atoms with Crippen molar-refractivity contribution in [3.8, 4) is 11.3 Å². The van der Waals surface area contributed by atoms with E-state index in [1.54, 1.807) is 0 Å². The van der Waals surface area contributed by atoms with Crippen molar-refractivity contribution in [3.05, 3.63) is 41.9 Å². The molecule has 4 heteroatoms. The van der Waals surface area contributed by atoms with E-state index in [0.29, 0.717) is 17.3 Å². The molecule has 94 valence electrons. The first-order valence-electron chi connectivity index (χ1n) is 5.92. The van der Waals surface area contributed by atoms with E-state index in [1.165, 1.54) is 11.9 Å². The highest BCUT2D eigenvalue weighted by Crippen LogP contribution is 2.23. The second kappa shape index (κ2) is 5.04. The van der Waals surface area contributed by atoms with Crippen LogP contribution in [0, 0.1) is 0 Å². The lowest BCUT2D eigenvalue weighted by molar-refractivity contribution is -0.136. The highest BCUT2D eigenvalue weighted by molar-refractivity contribution is 5.73. The van der Waals surface area contributed by atoms with Gasteiger partial charge >= 0.3 is 5.97 Å². The SMILES string of the molecule is CC(C)c1ccc(-c2nc[nH]c2CC(=O)O)cc1. The van der Waals surface area contributed by atoms with E-state index < -0.39 is 5.97 Å². The smallest absolute Gasteiger partial charge is 0.309 e. The van der Waals surface area contributed by atoms with E-state index in [1.807, 2.05) is 12.1 Å². The Morgan fingerprint density at radius 1 is 1.33 bits per heavy atom. The predicted octanol–water partition coefficient (Wildman–Crippen LogP) is 2.83. The third kappa shape index (κ3) is 2.59. The average molecular weight is 244 g/mol. The van der Waals surface area contributed by atoms with Crippen LogP contribution in [0.4, 0.5) is 0 Å². The number of aliphatic carboxylic acids is 1. The number of hydrogen-bond acceptors (Lipinski definition) is 2. The minimum atomic E-state index is -0.862. The number of aromatic nitrogens is 2. The van der Waals surface area contributed by atoms with Crippen molar-refractivity contribution < 1.29 is 9.90 Å². The maximum Gasteiger partial charge on any atom is 0.309 e. The molecule has 0 unspecified atom stereocenters. The van der Waals surface area contributed by atoms with Gasteiger partial charge in [0.25, 0.3) is 0 Å². The highest BCUT2D eigenvalue weighted by atomic mass is 16.4. The Bertz CT molecular complexity index is 541. The molecule has 2 N–H and O–H groups in total. The summed E-state index contributed by atoms with van der Waals surface area (Å²) in [6, 6.07) is 8.08. The number of hydrogen-bond donors (Lipinski definition) is 2. The summed E-state index contributed by atoms with van der Waals surface area (Å²) >= 11 is 0. The summed E-state index contributed by atoms with van der Waals surface area (Å²) in [4.78, 5) is 17.8. The van der Waals surface area contributed by atoms with Crippen LogP contribution in [0.2, 0.25) is 0 Å². The molecule has 0 saturated heterocycles. The summed E-state index contributed by atoms with van der Waals surface area (Å²) in [7, 11) is 0. The molecule has 4 nitrogen and oxygen atoms in total. The Kier molecular flexibility index (Phi) is 3.46. The van der Waals surface area contributed by atoms with Crippen LogP contribution in [0.25, 0.3) is 11.3 Å². The van der Waals surface area contributed by atoms with Crippen LogP contribution in [-0.2, 0) is 11.2 Å². The molecule has 0 aliphatic rings. The number of carbonyl (C=O) groups is 1. The second-order valence-corrected chi connectivity index (χ2v) is 4.58. The summed E-state index contributed by atoms with van der Waals surface area (Å²) < 4.78 is 0. The van der Waals surface area contributed by atoms with Crippen molar-refractivity contribution >= 4 is 5.97 Å². The number of nitrogens with zero attached hydrogens (tertiary/aromatic N) is 1. The van der Waals surface area contributed by atoms with Gasteiger partial charge in [0.15, 0.2) is 0 Å².